The van der Waals surface area contributed by atoms with Crippen molar-refractivity contribution in [3.63, 3.8) is 0 Å². The van der Waals surface area contributed by atoms with Crippen molar-refractivity contribution in [2.45, 2.75) is 31.7 Å². The molecule has 0 saturated heterocycles. The molecule has 1 aliphatic carbocycles. The fourth-order valence-corrected chi connectivity index (χ4v) is 2.53. The number of rotatable bonds is 5. The van der Waals surface area contributed by atoms with E-state index in [9.17, 15) is 4.39 Å². The topological polar surface area (TPSA) is 25.2 Å². The second kappa shape index (κ2) is 4.82. The Morgan fingerprint density at radius 2 is 1.89 bits per heavy atom. The maximum Gasteiger partial charge on any atom is 0.123 e. The predicted molar refractivity (Wildman–Crippen MR) is 72.5 cm³/mol. The van der Waals surface area contributed by atoms with Crippen LogP contribution in [0.3, 0.4) is 0 Å². The van der Waals surface area contributed by atoms with E-state index in [2.05, 4.69) is 5.32 Å². The second-order valence-electron chi connectivity index (χ2n) is 5.40. The SMILES string of the molecule is Cc1ccc(CNCC2(c3ccc(F)cc3)CC2)o1. The van der Waals surface area contributed by atoms with Crippen molar-refractivity contribution in [1.29, 1.82) is 0 Å². The van der Waals surface area contributed by atoms with Crippen LogP contribution in [0, 0.1) is 12.7 Å². The van der Waals surface area contributed by atoms with Gasteiger partial charge in [0.2, 0.25) is 0 Å². The molecule has 1 saturated carbocycles. The van der Waals surface area contributed by atoms with Crippen LogP contribution in [0.15, 0.2) is 40.8 Å². The summed E-state index contributed by atoms with van der Waals surface area (Å²) in [5.41, 5.74) is 1.44. The maximum absolute atomic E-state index is 12.9. The van der Waals surface area contributed by atoms with Crippen LogP contribution in [0.2, 0.25) is 0 Å². The Morgan fingerprint density at radius 1 is 1.16 bits per heavy atom. The largest absolute Gasteiger partial charge is 0.465 e. The van der Waals surface area contributed by atoms with Crippen molar-refractivity contribution in [2.24, 2.45) is 0 Å². The van der Waals surface area contributed by atoms with Crippen molar-refractivity contribution in [3.05, 3.63) is 59.3 Å². The molecule has 1 fully saturated rings. The van der Waals surface area contributed by atoms with Gasteiger partial charge < -0.3 is 9.73 Å². The van der Waals surface area contributed by atoms with E-state index in [1.165, 1.54) is 18.4 Å². The van der Waals surface area contributed by atoms with Crippen LogP contribution in [0.5, 0.6) is 0 Å². The first-order chi connectivity index (χ1) is 9.18. The third-order valence-corrected chi connectivity index (χ3v) is 3.87. The van der Waals surface area contributed by atoms with Crippen LogP contribution >= 0.6 is 0 Å². The molecule has 3 heteroatoms. The summed E-state index contributed by atoms with van der Waals surface area (Å²) >= 11 is 0. The molecule has 3 rings (SSSR count). The highest BCUT2D eigenvalue weighted by Gasteiger charge is 2.43. The summed E-state index contributed by atoms with van der Waals surface area (Å²) in [6.45, 7) is 3.61. The molecule has 0 aliphatic heterocycles. The minimum atomic E-state index is -0.168. The van der Waals surface area contributed by atoms with Crippen LogP contribution < -0.4 is 5.32 Å². The number of nitrogens with one attached hydrogen (secondary N) is 1. The Bertz CT molecular complexity index is 554. The van der Waals surface area contributed by atoms with Gasteiger partial charge in [-0.1, -0.05) is 12.1 Å². The third kappa shape index (κ3) is 2.71. The Hall–Kier alpha value is -1.61. The molecule has 0 bridgehead atoms. The van der Waals surface area contributed by atoms with E-state index in [1.807, 2.05) is 31.2 Å². The number of halogens is 1. The van der Waals surface area contributed by atoms with Gasteiger partial charge in [0.25, 0.3) is 0 Å². The minimum Gasteiger partial charge on any atom is -0.465 e. The van der Waals surface area contributed by atoms with Gasteiger partial charge in [-0.3, -0.25) is 0 Å². The highest BCUT2D eigenvalue weighted by Crippen LogP contribution is 2.47. The van der Waals surface area contributed by atoms with E-state index in [-0.39, 0.29) is 11.2 Å². The van der Waals surface area contributed by atoms with Crippen LogP contribution in [0.1, 0.15) is 29.9 Å². The summed E-state index contributed by atoms with van der Waals surface area (Å²) < 4.78 is 18.5. The molecule has 1 aliphatic rings. The number of furan rings is 1. The second-order valence-corrected chi connectivity index (χ2v) is 5.40. The summed E-state index contributed by atoms with van der Waals surface area (Å²) in [5, 5.41) is 3.44. The average molecular weight is 259 g/mol. The molecule has 1 heterocycles. The van der Waals surface area contributed by atoms with Crippen molar-refractivity contribution >= 4 is 0 Å². The van der Waals surface area contributed by atoms with Gasteiger partial charge in [0.15, 0.2) is 0 Å². The highest BCUT2D eigenvalue weighted by atomic mass is 19.1. The van der Waals surface area contributed by atoms with Crippen LogP contribution in [-0.2, 0) is 12.0 Å². The molecule has 1 aromatic carbocycles. The molecule has 2 aromatic rings. The van der Waals surface area contributed by atoms with Gasteiger partial charge in [-0.2, -0.15) is 0 Å². The first-order valence-electron chi connectivity index (χ1n) is 6.70. The van der Waals surface area contributed by atoms with E-state index in [1.54, 1.807) is 12.1 Å². The first-order valence-corrected chi connectivity index (χ1v) is 6.70. The Morgan fingerprint density at radius 3 is 2.47 bits per heavy atom. The van der Waals surface area contributed by atoms with Crippen molar-refractivity contribution in [2.75, 3.05) is 6.54 Å². The van der Waals surface area contributed by atoms with E-state index in [4.69, 9.17) is 4.42 Å². The third-order valence-electron chi connectivity index (χ3n) is 3.87. The van der Waals surface area contributed by atoms with E-state index < -0.39 is 0 Å². The number of aryl methyl sites for hydroxylation is 1. The summed E-state index contributed by atoms with van der Waals surface area (Å²) in [4.78, 5) is 0. The zero-order valence-electron chi connectivity index (χ0n) is 11.1. The van der Waals surface area contributed by atoms with Gasteiger partial charge >= 0.3 is 0 Å². The fraction of sp³-hybridized carbons (Fsp3) is 0.375. The van der Waals surface area contributed by atoms with Crippen LogP contribution in [0.25, 0.3) is 0 Å². The molecular formula is C16H18FNO. The van der Waals surface area contributed by atoms with Crippen molar-refractivity contribution in [1.82, 2.24) is 5.32 Å². The zero-order chi connectivity index (χ0) is 13.3. The quantitative estimate of drug-likeness (QED) is 0.888. The van der Waals surface area contributed by atoms with Gasteiger partial charge in [0, 0.05) is 12.0 Å². The lowest BCUT2D eigenvalue weighted by Crippen LogP contribution is -2.26. The number of hydrogen-bond acceptors (Lipinski definition) is 2. The summed E-state index contributed by atoms with van der Waals surface area (Å²) in [7, 11) is 0. The van der Waals surface area contributed by atoms with Gasteiger partial charge in [0.1, 0.15) is 17.3 Å². The lowest BCUT2D eigenvalue weighted by Gasteiger charge is -2.16. The first kappa shape index (κ1) is 12.4. The van der Waals surface area contributed by atoms with Crippen LogP contribution in [-0.4, -0.2) is 6.54 Å². The molecule has 0 spiro atoms. The summed E-state index contributed by atoms with van der Waals surface area (Å²) in [5.74, 6) is 1.74. The summed E-state index contributed by atoms with van der Waals surface area (Å²) in [6, 6.07) is 10.9. The number of hydrogen-bond donors (Lipinski definition) is 1. The Kier molecular flexibility index (Phi) is 3.15. The predicted octanol–water partition coefficient (Wildman–Crippen LogP) is 3.55. The lowest BCUT2D eigenvalue weighted by molar-refractivity contribution is 0.452. The molecule has 0 amide bonds. The molecule has 0 unspecified atom stereocenters. The molecule has 0 atom stereocenters. The van der Waals surface area contributed by atoms with E-state index in [0.717, 1.165) is 24.6 Å². The van der Waals surface area contributed by atoms with Crippen molar-refractivity contribution in [3.8, 4) is 0 Å². The van der Waals surface area contributed by atoms with Crippen LogP contribution in [0.4, 0.5) is 4.39 Å². The van der Waals surface area contributed by atoms with E-state index >= 15 is 0 Å². The van der Waals surface area contributed by atoms with Gasteiger partial charge in [-0.25, -0.2) is 4.39 Å². The van der Waals surface area contributed by atoms with E-state index in [0.29, 0.717) is 0 Å². The Balaban J connectivity index is 1.59. The molecule has 0 radical (unpaired) electrons. The Labute approximate surface area is 112 Å². The summed E-state index contributed by atoms with van der Waals surface area (Å²) in [6.07, 6.45) is 2.34. The lowest BCUT2D eigenvalue weighted by atomic mass is 9.96. The highest BCUT2D eigenvalue weighted by molar-refractivity contribution is 5.32. The van der Waals surface area contributed by atoms with Crippen molar-refractivity contribution < 1.29 is 8.81 Å². The van der Waals surface area contributed by atoms with Gasteiger partial charge in [-0.15, -0.1) is 0 Å². The maximum atomic E-state index is 12.9. The standard InChI is InChI=1S/C16H18FNO/c1-12-2-7-15(19-12)10-18-11-16(8-9-16)13-3-5-14(17)6-4-13/h2-7,18H,8-11H2,1H3. The smallest absolute Gasteiger partial charge is 0.123 e. The fourth-order valence-electron chi connectivity index (χ4n) is 2.53. The monoisotopic (exact) mass is 259 g/mol. The van der Waals surface area contributed by atoms with Gasteiger partial charge in [0.05, 0.1) is 6.54 Å². The number of benzene rings is 1. The minimum absolute atomic E-state index is 0.168. The zero-order valence-corrected chi connectivity index (χ0v) is 11.1. The molecule has 100 valence electrons. The normalized spacial score (nSPS) is 16.5. The molecule has 1 N–H and O–H groups in total. The molecule has 19 heavy (non-hydrogen) atoms. The molecule has 1 aromatic heterocycles. The van der Waals surface area contributed by atoms with Gasteiger partial charge in [-0.05, 0) is 49.6 Å². The molecular weight excluding hydrogens is 241 g/mol. The average Bonchev–Trinajstić information content (AvgIpc) is 3.07. The molecule has 2 nitrogen and oxygen atoms in total.